The van der Waals surface area contributed by atoms with Crippen molar-refractivity contribution in [1.82, 2.24) is 10.0 Å². The molecular formula is C21H28N2O5S. The molecule has 1 amide bonds. The van der Waals surface area contributed by atoms with Crippen LogP contribution in [0.15, 0.2) is 47.4 Å². The van der Waals surface area contributed by atoms with Crippen LogP contribution in [0.3, 0.4) is 0 Å². The Morgan fingerprint density at radius 3 is 2.31 bits per heavy atom. The normalized spacial score (nSPS) is 11.3. The molecule has 0 heterocycles. The van der Waals surface area contributed by atoms with Crippen molar-refractivity contribution in [1.29, 1.82) is 0 Å². The van der Waals surface area contributed by atoms with Gasteiger partial charge in [-0.3, -0.25) is 4.79 Å². The summed E-state index contributed by atoms with van der Waals surface area (Å²) in [5.41, 5.74) is 1.68. The summed E-state index contributed by atoms with van der Waals surface area (Å²) in [6.45, 7) is 3.99. The van der Waals surface area contributed by atoms with E-state index in [1.54, 1.807) is 70.5 Å². The number of hydrogen-bond acceptors (Lipinski definition) is 5. The molecule has 0 unspecified atom stereocenters. The van der Waals surface area contributed by atoms with Crippen LogP contribution in [0.1, 0.15) is 25.0 Å². The van der Waals surface area contributed by atoms with Gasteiger partial charge in [-0.1, -0.05) is 12.1 Å². The smallest absolute Gasteiger partial charge is 0.240 e. The number of carbonyl (C=O) groups is 1. The van der Waals surface area contributed by atoms with Crippen LogP contribution in [-0.2, 0) is 27.7 Å². The molecule has 0 spiro atoms. The van der Waals surface area contributed by atoms with Gasteiger partial charge in [0.15, 0.2) is 0 Å². The molecule has 2 N–H and O–H groups in total. The molecule has 8 heteroatoms. The fraction of sp³-hybridized carbons (Fsp3) is 0.381. The lowest BCUT2D eigenvalue weighted by Gasteiger charge is -2.11. The third kappa shape index (κ3) is 6.76. The third-order valence-corrected chi connectivity index (χ3v) is 5.87. The van der Waals surface area contributed by atoms with Crippen LogP contribution in [0.2, 0.25) is 0 Å². The molecule has 0 aliphatic rings. The van der Waals surface area contributed by atoms with Crippen LogP contribution in [0.25, 0.3) is 0 Å². The summed E-state index contributed by atoms with van der Waals surface area (Å²) >= 11 is 0. The second kappa shape index (κ2) is 10.3. The van der Waals surface area contributed by atoms with Crippen molar-refractivity contribution in [2.75, 3.05) is 20.8 Å². The molecule has 0 aromatic heterocycles. The van der Waals surface area contributed by atoms with Gasteiger partial charge in [-0.05, 0) is 56.2 Å². The lowest BCUT2D eigenvalue weighted by molar-refractivity contribution is -0.120. The van der Waals surface area contributed by atoms with E-state index in [9.17, 15) is 13.2 Å². The monoisotopic (exact) mass is 420 g/mol. The SMILES string of the molecule is COc1ccc(OC)c(CC(=O)NCCc2ccc(S(=O)(=O)NC(C)C)cc2)c1. The molecule has 2 aromatic rings. The highest BCUT2D eigenvalue weighted by atomic mass is 32.2. The second-order valence-electron chi connectivity index (χ2n) is 6.87. The second-order valence-corrected chi connectivity index (χ2v) is 8.59. The summed E-state index contributed by atoms with van der Waals surface area (Å²) in [4.78, 5) is 12.5. The molecule has 7 nitrogen and oxygen atoms in total. The van der Waals surface area contributed by atoms with Crippen molar-refractivity contribution >= 4 is 15.9 Å². The van der Waals surface area contributed by atoms with E-state index in [2.05, 4.69) is 10.0 Å². The fourth-order valence-corrected chi connectivity index (χ4v) is 4.07. The number of methoxy groups -OCH3 is 2. The van der Waals surface area contributed by atoms with E-state index in [1.807, 2.05) is 0 Å². The molecule has 0 saturated carbocycles. The molecule has 0 bridgehead atoms. The number of carbonyl (C=O) groups excluding carboxylic acids is 1. The Balaban J connectivity index is 1.89. The lowest BCUT2D eigenvalue weighted by atomic mass is 10.1. The Labute approximate surface area is 172 Å². The first-order chi connectivity index (χ1) is 13.7. The zero-order chi connectivity index (χ0) is 21.4. The number of amides is 1. The molecule has 2 aromatic carbocycles. The van der Waals surface area contributed by atoms with Gasteiger partial charge < -0.3 is 14.8 Å². The predicted octanol–water partition coefficient (Wildman–Crippen LogP) is 2.29. The lowest BCUT2D eigenvalue weighted by Crippen LogP contribution is -2.30. The number of sulfonamides is 1. The summed E-state index contributed by atoms with van der Waals surface area (Å²) < 4.78 is 37.3. The van der Waals surface area contributed by atoms with Crippen LogP contribution >= 0.6 is 0 Å². The van der Waals surface area contributed by atoms with E-state index in [0.717, 1.165) is 11.1 Å². The zero-order valence-electron chi connectivity index (χ0n) is 17.2. The van der Waals surface area contributed by atoms with E-state index >= 15 is 0 Å². The molecule has 0 fully saturated rings. The van der Waals surface area contributed by atoms with Gasteiger partial charge in [0.1, 0.15) is 11.5 Å². The molecule has 2 rings (SSSR count). The van der Waals surface area contributed by atoms with Gasteiger partial charge in [-0.15, -0.1) is 0 Å². The molecule has 0 aliphatic heterocycles. The van der Waals surface area contributed by atoms with Crippen LogP contribution in [0.5, 0.6) is 11.5 Å². The minimum Gasteiger partial charge on any atom is -0.497 e. The van der Waals surface area contributed by atoms with Crippen molar-refractivity contribution in [3.63, 3.8) is 0 Å². The maximum atomic E-state index is 12.3. The Bertz CT molecular complexity index is 925. The van der Waals surface area contributed by atoms with Crippen LogP contribution < -0.4 is 19.5 Å². The van der Waals surface area contributed by atoms with Crippen molar-refractivity contribution in [3.8, 4) is 11.5 Å². The molecule has 0 atom stereocenters. The Morgan fingerprint density at radius 2 is 1.72 bits per heavy atom. The summed E-state index contributed by atoms with van der Waals surface area (Å²) in [5, 5.41) is 2.87. The van der Waals surface area contributed by atoms with Gasteiger partial charge in [0.05, 0.1) is 25.5 Å². The zero-order valence-corrected chi connectivity index (χ0v) is 18.0. The van der Waals surface area contributed by atoms with Gasteiger partial charge in [0.25, 0.3) is 0 Å². The quantitative estimate of drug-likeness (QED) is 0.615. The van der Waals surface area contributed by atoms with Gasteiger partial charge >= 0.3 is 0 Å². The van der Waals surface area contributed by atoms with E-state index in [1.165, 1.54) is 0 Å². The Morgan fingerprint density at radius 1 is 1.03 bits per heavy atom. The standard InChI is InChI=1S/C21H28N2O5S/c1-15(2)23-29(25,26)19-8-5-16(6-9-19)11-12-22-21(24)14-17-13-18(27-3)7-10-20(17)28-4/h5-10,13,15,23H,11-12,14H2,1-4H3,(H,22,24). The summed E-state index contributed by atoms with van der Waals surface area (Å²) in [6, 6.07) is 11.8. The topological polar surface area (TPSA) is 93.7 Å². The van der Waals surface area contributed by atoms with Crippen molar-refractivity contribution in [3.05, 3.63) is 53.6 Å². The highest BCUT2D eigenvalue weighted by Crippen LogP contribution is 2.24. The Kier molecular flexibility index (Phi) is 8.04. The van der Waals surface area contributed by atoms with Crippen molar-refractivity contribution < 1.29 is 22.7 Å². The molecule has 158 valence electrons. The average Bonchev–Trinajstić information content (AvgIpc) is 2.67. The van der Waals surface area contributed by atoms with Gasteiger partial charge in [0, 0.05) is 18.2 Å². The van der Waals surface area contributed by atoms with Gasteiger partial charge in [0.2, 0.25) is 15.9 Å². The number of benzene rings is 2. The number of nitrogens with one attached hydrogen (secondary N) is 2. The number of ether oxygens (including phenoxy) is 2. The summed E-state index contributed by atoms with van der Waals surface area (Å²) in [7, 11) is -0.369. The number of rotatable bonds is 10. The third-order valence-electron chi connectivity index (χ3n) is 4.20. The first-order valence-corrected chi connectivity index (χ1v) is 10.8. The summed E-state index contributed by atoms with van der Waals surface area (Å²) in [6.07, 6.45) is 0.775. The van der Waals surface area contributed by atoms with Crippen molar-refractivity contribution in [2.45, 2.75) is 37.6 Å². The predicted molar refractivity (Wildman–Crippen MR) is 112 cm³/mol. The molecule has 0 saturated heterocycles. The minimum atomic E-state index is -3.50. The van der Waals surface area contributed by atoms with Crippen LogP contribution in [-0.4, -0.2) is 41.1 Å². The maximum Gasteiger partial charge on any atom is 0.240 e. The van der Waals surface area contributed by atoms with Crippen LogP contribution in [0, 0.1) is 0 Å². The van der Waals surface area contributed by atoms with Crippen molar-refractivity contribution in [2.24, 2.45) is 0 Å². The fourth-order valence-electron chi connectivity index (χ4n) is 2.82. The number of hydrogen-bond donors (Lipinski definition) is 2. The molecule has 0 radical (unpaired) electrons. The highest BCUT2D eigenvalue weighted by Gasteiger charge is 2.15. The first-order valence-electron chi connectivity index (χ1n) is 9.34. The minimum absolute atomic E-state index is 0.128. The molecule has 0 aliphatic carbocycles. The Hall–Kier alpha value is -2.58. The molecular weight excluding hydrogens is 392 g/mol. The average molecular weight is 421 g/mol. The van der Waals surface area contributed by atoms with E-state index in [-0.39, 0.29) is 23.3 Å². The summed E-state index contributed by atoms with van der Waals surface area (Å²) in [5.74, 6) is 1.17. The molecule has 29 heavy (non-hydrogen) atoms. The van der Waals surface area contributed by atoms with Crippen LogP contribution in [0.4, 0.5) is 0 Å². The largest absolute Gasteiger partial charge is 0.497 e. The van der Waals surface area contributed by atoms with Gasteiger partial charge in [-0.25, -0.2) is 13.1 Å². The van der Waals surface area contributed by atoms with E-state index in [4.69, 9.17) is 9.47 Å². The van der Waals surface area contributed by atoms with E-state index in [0.29, 0.717) is 24.5 Å². The van der Waals surface area contributed by atoms with E-state index < -0.39 is 10.0 Å². The van der Waals surface area contributed by atoms with Gasteiger partial charge in [-0.2, -0.15) is 0 Å². The highest BCUT2D eigenvalue weighted by molar-refractivity contribution is 7.89. The first kappa shape index (κ1) is 22.7. The maximum absolute atomic E-state index is 12.3.